The van der Waals surface area contributed by atoms with Gasteiger partial charge in [-0.05, 0) is 63.8 Å². The zero-order valence-corrected chi connectivity index (χ0v) is 17.9. The van der Waals surface area contributed by atoms with E-state index in [1.807, 2.05) is 13.8 Å². The lowest BCUT2D eigenvalue weighted by atomic mass is 9.97. The first-order chi connectivity index (χ1) is 14.4. The summed E-state index contributed by atoms with van der Waals surface area (Å²) in [6, 6.07) is 6.99. The molecule has 1 heterocycles. The Bertz CT molecular complexity index is 744. The summed E-state index contributed by atoms with van der Waals surface area (Å²) in [7, 11) is 0. The van der Waals surface area contributed by atoms with Crippen molar-refractivity contribution >= 4 is 29.3 Å². The minimum absolute atomic E-state index is 0.00816. The van der Waals surface area contributed by atoms with E-state index in [2.05, 4.69) is 21.3 Å². The number of rotatable bonds is 5. The zero-order valence-electron chi connectivity index (χ0n) is 17.9. The molecule has 8 nitrogen and oxygen atoms in total. The highest BCUT2D eigenvalue weighted by atomic mass is 16.2. The molecule has 1 saturated carbocycles. The Labute approximate surface area is 178 Å². The molecule has 0 spiro atoms. The summed E-state index contributed by atoms with van der Waals surface area (Å²) >= 11 is 0. The Morgan fingerprint density at radius 2 is 1.57 bits per heavy atom. The van der Waals surface area contributed by atoms with Gasteiger partial charge in [0.15, 0.2) is 0 Å². The van der Waals surface area contributed by atoms with Crippen LogP contribution in [0.4, 0.5) is 21.0 Å². The zero-order chi connectivity index (χ0) is 21.5. The molecule has 0 unspecified atom stereocenters. The minimum Gasteiger partial charge on any atom is -0.354 e. The molecular formula is C22H33N5O3. The normalized spacial score (nSPS) is 19.4. The minimum atomic E-state index is -0.211. The van der Waals surface area contributed by atoms with E-state index >= 15 is 0 Å². The summed E-state index contributed by atoms with van der Waals surface area (Å²) < 4.78 is 0. The van der Waals surface area contributed by atoms with E-state index in [1.165, 1.54) is 12.8 Å². The SMILES string of the molecule is CC(C)NC(=O)[C@@H]1CCCN(C(=O)Nc2ccc(NC(=O)NC3CCCC3)cc2)C1. The van der Waals surface area contributed by atoms with Crippen molar-refractivity contribution in [3.63, 3.8) is 0 Å². The third-order valence-corrected chi connectivity index (χ3v) is 5.59. The third kappa shape index (κ3) is 6.37. The first-order valence-corrected chi connectivity index (χ1v) is 10.9. The largest absolute Gasteiger partial charge is 0.354 e. The second-order valence-electron chi connectivity index (χ2n) is 8.54. The second kappa shape index (κ2) is 10.3. The number of urea groups is 2. The number of amides is 5. The number of likely N-dealkylation sites (tertiary alicyclic amines) is 1. The first-order valence-electron chi connectivity index (χ1n) is 10.9. The monoisotopic (exact) mass is 415 g/mol. The Hall–Kier alpha value is -2.77. The molecule has 5 amide bonds. The van der Waals surface area contributed by atoms with E-state index < -0.39 is 0 Å². The van der Waals surface area contributed by atoms with Crippen molar-refractivity contribution in [3.05, 3.63) is 24.3 Å². The molecular weight excluding hydrogens is 382 g/mol. The molecule has 1 aliphatic carbocycles. The predicted molar refractivity (Wildman–Crippen MR) is 117 cm³/mol. The molecule has 0 radical (unpaired) electrons. The van der Waals surface area contributed by atoms with Crippen molar-refractivity contribution in [1.82, 2.24) is 15.5 Å². The van der Waals surface area contributed by atoms with E-state index in [1.54, 1.807) is 29.2 Å². The van der Waals surface area contributed by atoms with E-state index in [9.17, 15) is 14.4 Å². The number of hydrogen-bond donors (Lipinski definition) is 4. The van der Waals surface area contributed by atoms with E-state index in [4.69, 9.17) is 0 Å². The van der Waals surface area contributed by atoms with Crippen molar-refractivity contribution in [2.45, 2.75) is 64.5 Å². The van der Waals surface area contributed by atoms with Gasteiger partial charge in [-0.15, -0.1) is 0 Å². The molecule has 1 atom stereocenters. The van der Waals surface area contributed by atoms with Gasteiger partial charge < -0.3 is 26.2 Å². The van der Waals surface area contributed by atoms with Crippen LogP contribution in [0.2, 0.25) is 0 Å². The quantitative estimate of drug-likeness (QED) is 0.592. The fourth-order valence-corrected chi connectivity index (χ4v) is 4.04. The molecule has 1 aromatic carbocycles. The molecule has 30 heavy (non-hydrogen) atoms. The number of piperidine rings is 1. The Balaban J connectivity index is 1.47. The fraction of sp³-hybridized carbons (Fsp3) is 0.591. The van der Waals surface area contributed by atoms with Crippen LogP contribution in [0.3, 0.4) is 0 Å². The molecule has 4 N–H and O–H groups in total. The Morgan fingerprint density at radius 3 is 2.20 bits per heavy atom. The number of nitrogens with zero attached hydrogens (tertiary/aromatic N) is 1. The van der Waals surface area contributed by atoms with Gasteiger partial charge in [0.25, 0.3) is 0 Å². The molecule has 164 valence electrons. The van der Waals surface area contributed by atoms with Crippen LogP contribution in [0.1, 0.15) is 52.4 Å². The highest BCUT2D eigenvalue weighted by Crippen LogP contribution is 2.20. The van der Waals surface area contributed by atoms with Crippen molar-refractivity contribution in [3.8, 4) is 0 Å². The molecule has 8 heteroatoms. The molecule has 3 rings (SSSR count). The molecule has 1 aliphatic heterocycles. The average Bonchev–Trinajstić information content (AvgIpc) is 3.22. The second-order valence-corrected chi connectivity index (χ2v) is 8.54. The number of anilines is 2. The molecule has 0 bridgehead atoms. The lowest BCUT2D eigenvalue weighted by molar-refractivity contribution is -0.126. The van der Waals surface area contributed by atoms with E-state index in [-0.39, 0.29) is 36.0 Å². The molecule has 1 saturated heterocycles. The van der Waals surface area contributed by atoms with Crippen LogP contribution < -0.4 is 21.3 Å². The number of carbonyl (C=O) groups is 3. The summed E-state index contributed by atoms with van der Waals surface area (Å²) in [6.07, 6.45) is 6.01. The van der Waals surface area contributed by atoms with Crippen molar-refractivity contribution < 1.29 is 14.4 Å². The summed E-state index contributed by atoms with van der Waals surface area (Å²) in [6.45, 7) is 4.92. The number of hydrogen-bond acceptors (Lipinski definition) is 3. The number of carbonyl (C=O) groups excluding carboxylic acids is 3. The summed E-state index contributed by atoms with van der Waals surface area (Å²) in [4.78, 5) is 38.6. The number of benzene rings is 1. The highest BCUT2D eigenvalue weighted by Gasteiger charge is 2.28. The van der Waals surface area contributed by atoms with E-state index in [0.717, 1.165) is 25.7 Å². The summed E-state index contributed by atoms with van der Waals surface area (Å²) in [5.41, 5.74) is 1.32. The van der Waals surface area contributed by atoms with Crippen molar-refractivity contribution in [2.24, 2.45) is 5.92 Å². The fourth-order valence-electron chi connectivity index (χ4n) is 4.04. The molecule has 1 aromatic rings. The maximum atomic E-state index is 12.6. The summed E-state index contributed by atoms with van der Waals surface area (Å²) in [5, 5.41) is 11.6. The lowest BCUT2D eigenvalue weighted by Gasteiger charge is -2.32. The smallest absolute Gasteiger partial charge is 0.321 e. The average molecular weight is 416 g/mol. The van der Waals surface area contributed by atoms with Crippen LogP contribution in [-0.2, 0) is 4.79 Å². The Morgan fingerprint density at radius 1 is 0.933 bits per heavy atom. The van der Waals surface area contributed by atoms with Gasteiger partial charge in [0, 0.05) is 36.5 Å². The van der Waals surface area contributed by atoms with Gasteiger partial charge in [-0.3, -0.25) is 4.79 Å². The first kappa shape index (κ1) is 21.9. The topological polar surface area (TPSA) is 103 Å². The van der Waals surface area contributed by atoms with Crippen molar-refractivity contribution in [2.75, 3.05) is 23.7 Å². The van der Waals surface area contributed by atoms with Crippen molar-refractivity contribution in [1.29, 1.82) is 0 Å². The van der Waals surface area contributed by atoms with Gasteiger partial charge >= 0.3 is 12.1 Å². The van der Waals surface area contributed by atoms with Gasteiger partial charge in [0.2, 0.25) is 5.91 Å². The van der Waals surface area contributed by atoms with Crippen LogP contribution in [-0.4, -0.2) is 48.0 Å². The lowest BCUT2D eigenvalue weighted by Crippen LogP contribution is -2.47. The summed E-state index contributed by atoms with van der Waals surface area (Å²) in [5.74, 6) is -0.161. The molecule has 2 aliphatic rings. The third-order valence-electron chi connectivity index (χ3n) is 5.59. The maximum Gasteiger partial charge on any atom is 0.321 e. The van der Waals surface area contributed by atoms with E-state index in [0.29, 0.717) is 24.5 Å². The molecule has 2 fully saturated rings. The van der Waals surface area contributed by atoms with Gasteiger partial charge in [-0.1, -0.05) is 12.8 Å². The van der Waals surface area contributed by atoms with Gasteiger partial charge in [-0.2, -0.15) is 0 Å². The van der Waals surface area contributed by atoms with Crippen LogP contribution in [0.25, 0.3) is 0 Å². The van der Waals surface area contributed by atoms with Crippen LogP contribution >= 0.6 is 0 Å². The highest BCUT2D eigenvalue weighted by molar-refractivity contribution is 5.92. The molecule has 0 aromatic heterocycles. The maximum absolute atomic E-state index is 12.6. The number of nitrogens with one attached hydrogen (secondary N) is 4. The van der Waals surface area contributed by atoms with Crippen LogP contribution in [0.15, 0.2) is 24.3 Å². The van der Waals surface area contributed by atoms with Crippen LogP contribution in [0.5, 0.6) is 0 Å². The van der Waals surface area contributed by atoms with Gasteiger partial charge in [0.05, 0.1) is 5.92 Å². The van der Waals surface area contributed by atoms with Crippen LogP contribution in [0, 0.1) is 5.92 Å². The Kier molecular flexibility index (Phi) is 7.54. The van der Waals surface area contributed by atoms with Gasteiger partial charge in [-0.25, -0.2) is 9.59 Å². The predicted octanol–water partition coefficient (Wildman–Crippen LogP) is 3.52. The standard InChI is InChI=1S/C22H33N5O3/c1-15(2)23-20(28)16-6-5-13-27(14-16)22(30)26-19-11-9-18(10-12-19)25-21(29)24-17-7-3-4-8-17/h9-12,15-17H,3-8,13-14H2,1-2H3,(H,23,28)(H,26,30)(H2,24,25,29)/t16-/m1/s1. The van der Waals surface area contributed by atoms with Gasteiger partial charge in [0.1, 0.15) is 0 Å².